The molecule has 18 heavy (non-hydrogen) atoms. The highest BCUT2D eigenvalue weighted by Crippen LogP contribution is 2.22. The molecule has 0 unspecified atom stereocenters. The van der Waals surface area contributed by atoms with Gasteiger partial charge >= 0.3 is 0 Å². The van der Waals surface area contributed by atoms with E-state index >= 15 is 0 Å². The Morgan fingerprint density at radius 2 is 1.50 bits per heavy atom. The summed E-state index contributed by atoms with van der Waals surface area (Å²) in [6, 6.07) is 15.5. The fourth-order valence-electron chi connectivity index (χ4n) is 1.66. The Kier molecular flexibility index (Phi) is 4.15. The number of hydrogen-bond donors (Lipinski definition) is 1. The monoisotopic (exact) mass is 240 g/mol. The van der Waals surface area contributed by atoms with Crippen LogP contribution >= 0.6 is 0 Å². The standard InChI is InChI=1S/C16H16O2/c1-2-13-3-7-15(8-4-13)18-16-9-5-14(6-10-16)11-12-17/h2-10,17H,1,11-12H2. The number of aliphatic hydroxyl groups is 1. The Morgan fingerprint density at radius 3 is 2.00 bits per heavy atom. The maximum Gasteiger partial charge on any atom is 0.127 e. The van der Waals surface area contributed by atoms with E-state index in [2.05, 4.69) is 6.58 Å². The molecule has 0 amide bonds. The van der Waals surface area contributed by atoms with E-state index in [9.17, 15) is 0 Å². The van der Waals surface area contributed by atoms with Crippen LogP contribution in [0.25, 0.3) is 6.08 Å². The molecule has 0 saturated carbocycles. The van der Waals surface area contributed by atoms with E-state index in [4.69, 9.17) is 9.84 Å². The lowest BCUT2D eigenvalue weighted by Gasteiger charge is -2.06. The molecular weight excluding hydrogens is 224 g/mol. The highest BCUT2D eigenvalue weighted by molar-refractivity contribution is 5.48. The summed E-state index contributed by atoms with van der Waals surface area (Å²) in [4.78, 5) is 0. The second kappa shape index (κ2) is 6.03. The van der Waals surface area contributed by atoms with Gasteiger partial charge in [-0.15, -0.1) is 0 Å². The highest BCUT2D eigenvalue weighted by atomic mass is 16.5. The minimum absolute atomic E-state index is 0.170. The zero-order valence-corrected chi connectivity index (χ0v) is 10.2. The van der Waals surface area contributed by atoms with E-state index in [1.54, 1.807) is 6.08 Å². The van der Waals surface area contributed by atoms with E-state index in [0.717, 1.165) is 22.6 Å². The second-order valence-corrected chi connectivity index (χ2v) is 3.99. The minimum atomic E-state index is 0.170. The first-order valence-electron chi connectivity index (χ1n) is 5.92. The summed E-state index contributed by atoms with van der Waals surface area (Å²) < 4.78 is 5.71. The van der Waals surface area contributed by atoms with Crippen molar-refractivity contribution >= 4 is 6.08 Å². The summed E-state index contributed by atoms with van der Waals surface area (Å²) in [6.07, 6.45) is 2.47. The molecule has 0 radical (unpaired) electrons. The van der Waals surface area contributed by atoms with Gasteiger partial charge < -0.3 is 9.84 Å². The van der Waals surface area contributed by atoms with Crippen LogP contribution in [0.4, 0.5) is 0 Å². The van der Waals surface area contributed by atoms with Crippen molar-refractivity contribution in [3.05, 3.63) is 66.2 Å². The molecule has 2 aromatic carbocycles. The van der Waals surface area contributed by atoms with Crippen LogP contribution in [0.5, 0.6) is 11.5 Å². The largest absolute Gasteiger partial charge is 0.457 e. The lowest BCUT2D eigenvalue weighted by Crippen LogP contribution is -1.90. The number of rotatable bonds is 5. The molecular formula is C16H16O2. The molecule has 2 nitrogen and oxygen atoms in total. The molecule has 0 spiro atoms. The molecule has 0 bridgehead atoms. The summed E-state index contributed by atoms with van der Waals surface area (Å²) >= 11 is 0. The number of ether oxygens (including phenoxy) is 1. The van der Waals surface area contributed by atoms with Crippen molar-refractivity contribution in [3.63, 3.8) is 0 Å². The lowest BCUT2D eigenvalue weighted by atomic mass is 10.1. The smallest absolute Gasteiger partial charge is 0.127 e. The van der Waals surface area contributed by atoms with Crippen molar-refractivity contribution in [1.82, 2.24) is 0 Å². The van der Waals surface area contributed by atoms with Gasteiger partial charge in [-0.25, -0.2) is 0 Å². The molecule has 0 saturated heterocycles. The Bertz CT molecular complexity index is 498. The Morgan fingerprint density at radius 1 is 0.944 bits per heavy atom. The van der Waals surface area contributed by atoms with E-state index < -0.39 is 0 Å². The fourth-order valence-corrected chi connectivity index (χ4v) is 1.66. The summed E-state index contributed by atoms with van der Waals surface area (Å²) in [7, 11) is 0. The van der Waals surface area contributed by atoms with Crippen LogP contribution in [-0.2, 0) is 6.42 Å². The van der Waals surface area contributed by atoms with E-state index in [0.29, 0.717) is 6.42 Å². The van der Waals surface area contributed by atoms with Gasteiger partial charge in [-0.1, -0.05) is 36.9 Å². The van der Waals surface area contributed by atoms with Crippen LogP contribution in [0.2, 0.25) is 0 Å². The predicted molar refractivity (Wildman–Crippen MR) is 73.8 cm³/mol. The number of aliphatic hydroxyl groups excluding tert-OH is 1. The van der Waals surface area contributed by atoms with Crippen LogP contribution in [-0.4, -0.2) is 11.7 Å². The first kappa shape index (κ1) is 12.4. The van der Waals surface area contributed by atoms with Gasteiger partial charge in [-0.3, -0.25) is 0 Å². The third-order valence-electron chi connectivity index (χ3n) is 2.68. The van der Waals surface area contributed by atoms with Crippen molar-refractivity contribution < 1.29 is 9.84 Å². The fraction of sp³-hybridized carbons (Fsp3) is 0.125. The first-order valence-corrected chi connectivity index (χ1v) is 5.92. The Labute approximate surface area is 107 Å². The normalized spacial score (nSPS) is 10.1. The SMILES string of the molecule is C=Cc1ccc(Oc2ccc(CCO)cc2)cc1. The van der Waals surface area contributed by atoms with Crippen molar-refractivity contribution in [1.29, 1.82) is 0 Å². The average Bonchev–Trinajstić information content (AvgIpc) is 2.42. The zero-order chi connectivity index (χ0) is 12.8. The van der Waals surface area contributed by atoms with Crippen molar-refractivity contribution in [2.45, 2.75) is 6.42 Å². The molecule has 0 aliphatic heterocycles. The molecule has 1 N–H and O–H groups in total. The van der Waals surface area contributed by atoms with Crippen LogP contribution in [0.1, 0.15) is 11.1 Å². The molecule has 0 aromatic heterocycles. The molecule has 0 heterocycles. The number of benzene rings is 2. The molecule has 0 aliphatic carbocycles. The van der Waals surface area contributed by atoms with Gasteiger partial charge in [-0.05, 0) is 41.8 Å². The van der Waals surface area contributed by atoms with Gasteiger partial charge in [0, 0.05) is 6.61 Å². The lowest BCUT2D eigenvalue weighted by molar-refractivity contribution is 0.299. The maximum absolute atomic E-state index is 8.83. The third-order valence-corrected chi connectivity index (χ3v) is 2.68. The summed E-state index contributed by atoms with van der Waals surface area (Å²) in [6.45, 7) is 3.88. The van der Waals surface area contributed by atoms with Crippen LogP contribution in [0.15, 0.2) is 55.1 Å². The highest BCUT2D eigenvalue weighted by Gasteiger charge is 1.98. The van der Waals surface area contributed by atoms with Crippen molar-refractivity contribution in [2.24, 2.45) is 0 Å². The minimum Gasteiger partial charge on any atom is -0.457 e. The second-order valence-electron chi connectivity index (χ2n) is 3.99. The molecule has 92 valence electrons. The van der Waals surface area contributed by atoms with Crippen LogP contribution in [0, 0.1) is 0 Å². The van der Waals surface area contributed by atoms with E-state index in [-0.39, 0.29) is 6.61 Å². The summed E-state index contributed by atoms with van der Waals surface area (Å²) in [5, 5.41) is 8.83. The van der Waals surface area contributed by atoms with Gasteiger partial charge in [-0.2, -0.15) is 0 Å². The molecule has 2 rings (SSSR count). The molecule has 2 aromatic rings. The van der Waals surface area contributed by atoms with Gasteiger partial charge in [0.1, 0.15) is 11.5 Å². The molecule has 2 heteroatoms. The topological polar surface area (TPSA) is 29.5 Å². The third kappa shape index (κ3) is 3.22. The van der Waals surface area contributed by atoms with Gasteiger partial charge in [0.25, 0.3) is 0 Å². The zero-order valence-electron chi connectivity index (χ0n) is 10.2. The molecule has 0 aliphatic rings. The van der Waals surface area contributed by atoms with Crippen LogP contribution < -0.4 is 4.74 Å². The van der Waals surface area contributed by atoms with Crippen molar-refractivity contribution in [3.8, 4) is 11.5 Å². The average molecular weight is 240 g/mol. The molecule has 0 atom stereocenters. The van der Waals surface area contributed by atoms with E-state index in [1.165, 1.54) is 0 Å². The van der Waals surface area contributed by atoms with Gasteiger partial charge in [0.15, 0.2) is 0 Å². The molecule has 0 fully saturated rings. The predicted octanol–water partition coefficient (Wildman–Crippen LogP) is 3.66. The van der Waals surface area contributed by atoms with Crippen molar-refractivity contribution in [2.75, 3.05) is 6.61 Å². The van der Waals surface area contributed by atoms with E-state index in [1.807, 2.05) is 48.5 Å². The summed E-state index contributed by atoms with van der Waals surface area (Å²) in [5.74, 6) is 1.60. The Balaban J connectivity index is 2.05. The van der Waals surface area contributed by atoms with Crippen LogP contribution in [0.3, 0.4) is 0 Å². The first-order chi connectivity index (χ1) is 8.81. The summed E-state index contributed by atoms with van der Waals surface area (Å²) in [5.41, 5.74) is 2.17. The Hall–Kier alpha value is -2.06. The number of hydrogen-bond acceptors (Lipinski definition) is 2. The van der Waals surface area contributed by atoms with Gasteiger partial charge in [0.2, 0.25) is 0 Å². The maximum atomic E-state index is 8.83. The van der Waals surface area contributed by atoms with Gasteiger partial charge in [0.05, 0.1) is 0 Å². The quantitative estimate of drug-likeness (QED) is 0.864.